The summed E-state index contributed by atoms with van der Waals surface area (Å²) in [6.45, 7) is 5.48. The van der Waals surface area contributed by atoms with E-state index in [1.54, 1.807) is 0 Å². The summed E-state index contributed by atoms with van der Waals surface area (Å²) in [6, 6.07) is 4.06. The molecule has 1 aromatic heterocycles. The van der Waals surface area contributed by atoms with Gasteiger partial charge in [-0.15, -0.1) is 0 Å². The first-order valence-electron chi connectivity index (χ1n) is 5.52. The Morgan fingerprint density at radius 1 is 1.47 bits per heavy atom. The maximum absolute atomic E-state index is 9.49. The number of nitrogens with one attached hydrogen (secondary N) is 1. The van der Waals surface area contributed by atoms with Gasteiger partial charge in [0.05, 0.1) is 6.10 Å². The Kier molecular flexibility index (Phi) is 5.29. The number of aliphatic hydroxyl groups excluding tert-OH is 1. The summed E-state index contributed by atoms with van der Waals surface area (Å²) < 4.78 is 0. The summed E-state index contributed by atoms with van der Waals surface area (Å²) >= 11 is 0. The highest BCUT2D eigenvalue weighted by molar-refractivity contribution is 5.12. The minimum atomic E-state index is -0.228. The lowest BCUT2D eigenvalue weighted by Crippen LogP contribution is -2.26. The standard InChI is InChI=1S/C12H20N2O/c1-3-4-12(15)9-13-7-11-6-5-10(2)14-8-11/h5-6,8,12-13,15H,3-4,7,9H2,1-2H3. The van der Waals surface area contributed by atoms with Crippen molar-refractivity contribution >= 4 is 0 Å². The molecule has 0 aromatic carbocycles. The Hall–Kier alpha value is -0.930. The lowest BCUT2D eigenvalue weighted by atomic mass is 10.2. The van der Waals surface area contributed by atoms with Crippen LogP contribution in [0.1, 0.15) is 31.0 Å². The monoisotopic (exact) mass is 208 g/mol. The van der Waals surface area contributed by atoms with Gasteiger partial charge in [0.1, 0.15) is 0 Å². The molecule has 2 N–H and O–H groups in total. The number of rotatable bonds is 6. The van der Waals surface area contributed by atoms with E-state index in [1.165, 1.54) is 0 Å². The lowest BCUT2D eigenvalue weighted by molar-refractivity contribution is 0.160. The Morgan fingerprint density at radius 2 is 2.27 bits per heavy atom. The number of hydrogen-bond donors (Lipinski definition) is 2. The van der Waals surface area contributed by atoms with Crippen LogP contribution in [0.4, 0.5) is 0 Å². The Balaban J connectivity index is 2.22. The van der Waals surface area contributed by atoms with Crippen molar-refractivity contribution in [1.29, 1.82) is 0 Å². The molecule has 0 bridgehead atoms. The zero-order valence-corrected chi connectivity index (χ0v) is 9.53. The molecule has 0 saturated heterocycles. The van der Waals surface area contributed by atoms with E-state index >= 15 is 0 Å². The van der Waals surface area contributed by atoms with Crippen LogP contribution in [0.2, 0.25) is 0 Å². The first-order chi connectivity index (χ1) is 7.22. The van der Waals surface area contributed by atoms with Crippen molar-refractivity contribution in [2.45, 2.75) is 39.3 Å². The molecule has 0 spiro atoms. The van der Waals surface area contributed by atoms with Crippen LogP contribution in [0.15, 0.2) is 18.3 Å². The van der Waals surface area contributed by atoms with Crippen LogP contribution >= 0.6 is 0 Å². The first kappa shape index (κ1) is 12.1. The van der Waals surface area contributed by atoms with Gasteiger partial charge in [0, 0.05) is 25.0 Å². The van der Waals surface area contributed by atoms with E-state index in [0.717, 1.165) is 30.6 Å². The molecule has 0 amide bonds. The van der Waals surface area contributed by atoms with Gasteiger partial charge in [0.2, 0.25) is 0 Å². The molecule has 3 nitrogen and oxygen atoms in total. The molecule has 1 atom stereocenters. The fraction of sp³-hybridized carbons (Fsp3) is 0.583. The van der Waals surface area contributed by atoms with Crippen LogP contribution in [0, 0.1) is 6.92 Å². The number of nitrogens with zero attached hydrogens (tertiary/aromatic N) is 1. The molecular formula is C12H20N2O. The average Bonchev–Trinajstić information content (AvgIpc) is 2.21. The largest absolute Gasteiger partial charge is 0.392 e. The summed E-state index contributed by atoms with van der Waals surface area (Å²) in [7, 11) is 0. The van der Waals surface area contributed by atoms with E-state index in [4.69, 9.17) is 0 Å². The maximum atomic E-state index is 9.49. The number of aryl methyl sites for hydroxylation is 1. The third kappa shape index (κ3) is 4.91. The lowest BCUT2D eigenvalue weighted by Gasteiger charge is -2.10. The van der Waals surface area contributed by atoms with Crippen molar-refractivity contribution in [2.75, 3.05) is 6.54 Å². The highest BCUT2D eigenvalue weighted by Gasteiger charge is 2.01. The van der Waals surface area contributed by atoms with Crippen molar-refractivity contribution in [3.8, 4) is 0 Å². The molecule has 0 aliphatic heterocycles. The third-order valence-electron chi connectivity index (χ3n) is 2.30. The predicted molar refractivity (Wildman–Crippen MR) is 61.6 cm³/mol. The molecule has 1 rings (SSSR count). The summed E-state index contributed by atoms with van der Waals surface area (Å²) in [5.74, 6) is 0. The van der Waals surface area contributed by atoms with Crippen LogP contribution in [-0.2, 0) is 6.54 Å². The Bertz CT molecular complexity index is 271. The van der Waals surface area contributed by atoms with Crippen LogP contribution in [0.5, 0.6) is 0 Å². The van der Waals surface area contributed by atoms with Gasteiger partial charge in [-0.3, -0.25) is 4.98 Å². The SMILES string of the molecule is CCCC(O)CNCc1ccc(C)nc1. The molecule has 1 aromatic rings. The van der Waals surface area contributed by atoms with E-state index in [-0.39, 0.29) is 6.10 Å². The fourth-order valence-corrected chi connectivity index (χ4v) is 1.42. The van der Waals surface area contributed by atoms with Gasteiger partial charge in [0.25, 0.3) is 0 Å². The second-order valence-corrected chi connectivity index (χ2v) is 3.88. The zero-order chi connectivity index (χ0) is 11.1. The van der Waals surface area contributed by atoms with Gasteiger partial charge in [-0.1, -0.05) is 19.4 Å². The van der Waals surface area contributed by atoms with Crippen molar-refractivity contribution in [3.63, 3.8) is 0 Å². The molecule has 1 unspecified atom stereocenters. The van der Waals surface area contributed by atoms with Crippen LogP contribution < -0.4 is 5.32 Å². The van der Waals surface area contributed by atoms with Gasteiger partial charge in [-0.05, 0) is 25.0 Å². The van der Waals surface area contributed by atoms with Crippen LogP contribution in [0.25, 0.3) is 0 Å². The molecule has 15 heavy (non-hydrogen) atoms. The molecular weight excluding hydrogens is 188 g/mol. The van der Waals surface area contributed by atoms with Gasteiger partial charge in [-0.2, -0.15) is 0 Å². The van der Waals surface area contributed by atoms with Crippen LogP contribution in [0.3, 0.4) is 0 Å². The second kappa shape index (κ2) is 6.53. The first-order valence-corrected chi connectivity index (χ1v) is 5.52. The molecule has 0 radical (unpaired) electrons. The summed E-state index contributed by atoms with van der Waals surface area (Å²) in [5, 5.41) is 12.7. The van der Waals surface area contributed by atoms with E-state index in [9.17, 15) is 5.11 Å². The molecule has 0 aliphatic carbocycles. The minimum Gasteiger partial charge on any atom is -0.392 e. The molecule has 3 heteroatoms. The highest BCUT2D eigenvalue weighted by atomic mass is 16.3. The normalized spacial score (nSPS) is 12.7. The smallest absolute Gasteiger partial charge is 0.0664 e. The summed E-state index contributed by atoms with van der Waals surface area (Å²) in [4.78, 5) is 4.21. The maximum Gasteiger partial charge on any atom is 0.0664 e. The quantitative estimate of drug-likeness (QED) is 0.747. The van der Waals surface area contributed by atoms with Crippen molar-refractivity contribution in [1.82, 2.24) is 10.3 Å². The van der Waals surface area contributed by atoms with E-state index in [1.807, 2.05) is 19.2 Å². The third-order valence-corrected chi connectivity index (χ3v) is 2.30. The fourth-order valence-electron chi connectivity index (χ4n) is 1.42. The van der Waals surface area contributed by atoms with Crippen LogP contribution in [-0.4, -0.2) is 22.7 Å². The van der Waals surface area contributed by atoms with Crippen molar-refractivity contribution in [3.05, 3.63) is 29.6 Å². The van der Waals surface area contributed by atoms with Gasteiger partial charge >= 0.3 is 0 Å². The zero-order valence-electron chi connectivity index (χ0n) is 9.53. The summed E-state index contributed by atoms with van der Waals surface area (Å²) in [5.41, 5.74) is 2.19. The van der Waals surface area contributed by atoms with E-state index in [2.05, 4.69) is 23.3 Å². The Morgan fingerprint density at radius 3 is 2.87 bits per heavy atom. The molecule has 0 saturated carbocycles. The molecule has 84 valence electrons. The van der Waals surface area contributed by atoms with Gasteiger partial charge in [-0.25, -0.2) is 0 Å². The number of aliphatic hydroxyl groups is 1. The van der Waals surface area contributed by atoms with Crippen molar-refractivity contribution in [2.24, 2.45) is 0 Å². The molecule has 1 heterocycles. The number of hydrogen-bond acceptors (Lipinski definition) is 3. The molecule has 0 aliphatic rings. The van der Waals surface area contributed by atoms with E-state index < -0.39 is 0 Å². The highest BCUT2D eigenvalue weighted by Crippen LogP contribution is 1.99. The Labute approximate surface area is 91.5 Å². The minimum absolute atomic E-state index is 0.228. The van der Waals surface area contributed by atoms with Gasteiger partial charge in [0.15, 0.2) is 0 Å². The van der Waals surface area contributed by atoms with Gasteiger partial charge < -0.3 is 10.4 Å². The second-order valence-electron chi connectivity index (χ2n) is 3.88. The number of pyridine rings is 1. The average molecular weight is 208 g/mol. The van der Waals surface area contributed by atoms with E-state index in [0.29, 0.717) is 6.54 Å². The predicted octanol–water partition coefficient (Wildman–Crippen LogP) is 1.64. The van der Waals surface area contributed by atoms with Crippen molar-refractivity contribution < 1.29 is 5.11 Å². The number of aromatic nitrogens is 1. The summed E-state index contributed by atoms with van der Waals surface area (Å²) in [6.07, 6.45) is 3.52. The molecule has 0 fully saturated rings. The topological polar surface area (TPSA) is 45.1 Å².